The van der Waals surface area contributed by atoms with E-state index < -0.39 is 0 Å². The Hall–Kier alpha value is -0.0400. The zero-order chi connectivity index (χ0) is 11.3. The van der Waals surface area contributed by atoms with E-state index in [1.54, 1.807) is 0 Å². The topological polar surface area (TPSA) is 20.2 Å². The average Bonchev–Trinajstić information content (AvgIpc) is 2.16. The van der Waals surface area contributed by atoms with Crippen LogP contribution in [0.15, 0.2) is 0 Å². The van der Waals surface area contributed by atoms with Gasteiger partial charge >= 0.3 is 0 Å². The molecule has 0 heterocycles. The van der Waals surface area contributed by atoms with Crippen molar-refractivity contribution in [2.75, 3.05) is 0 Å². The quantitative estimate of drug-likeness (QED) is 0.726. The second-order valence-electron chi connectivity index (χ2n) is 5.95. The Morgan fingerprint density at radius 3 is 2.60 bits per heavy atom. The van der Waals surface area contributed by atoms with E-state index in [2.05, 4.69) is 20.8 Å². The van der Waals surface area contributed by atoms with Crippen LogP contribution in [-0.2, 0) is 0 Å². The summed E-state index contributed by atoms with van der Waals surface area (Å²) in [4.78, 5) is 0. The van der Waals surface area contributed by atoms with Crippen LogP contribution < -0.4 is 0 Å². The van der Waals surface area contributed by atoms with Gasteiger partial charge in [-0.1, -0.05) is 40.0 Å². The van der Waals surface area contributed by atoms with Gasteiger partial charge in [0.1, 0.15) is 0 Å². The number of aliphatic hydroxyl groups is 1. The Labute approximate surface area is 95.3 Å². The van der Waals surface area contributed by atoms with Gasteiger partial charge in [0.2, 0.25) is 0 Å². The first-order chi connectivity index (χ1) is 7.06. The second-order valence-corrected chi connectivity index (χ2v) is 5.95. The zero-order valence-corrected chi connectivity index (χ0v) is 10.8. The van der Waals surface area contributed by atoms with Gasteiger partial charge in [-0.05, 0) is 43.4 Å². The van der Waals surface area contributed by atoms with E-state index in [0.29, 0.717) is 5.41 Å². The third-order valence-electron chi connectivity index (χ3n) is 4.20. The minimum atomic E-state index is -0.0484. The Morgan fingerprint density at radius 1 is 1.27 bits per heavy atom. The van der Waals surface area contributed by atoms with Gasteiger partial charge in [-0.3, -0.25) is 0 Å². The summed E-state index contributed by atoms with van der Waals surface area (Å²) in [6.07, 6.45) is 9.85. The van der Waals surface area contributed by atoms with Crippen molar-refractivity contribution in [2.24, 2.45) is 11.3 Å². The molecule has 0 bridgehead atoms. The van der Waals surface area contributed by atoms with Crippen molar-refractivity contribution in [3.05, 3.63) is 0 Å². The molecular weight excluding hydrogens is 184 g/mol. The van der Waals surface area contributed by atoms with E-state index in [1.807, 2.05) is 0 Å². The van der Waals surface area contributed by atoms with E-state index in [1.165, 1.54) is 32.1 Å². The van der Waals surface area contributed by atoms with Crippen LogP contribution in [-0.4, -0.2) is 11.2 Å². The third-order valence-corrected chi connectivity index (χ3v) is 4.20. The highest BCUT2D eigenvalue weighted by molar-refractivity contribution is 4.82. The first-order valence-corrected chi connectivity index (χ1v) is 6.74. The van der Waals surface area contributed by atoms with Gasteiger partial charge in [-0.2, -0.15) is 0 Å². The Balaban J connectivity index is 2.30. The number of rotatable bonds is 5. The van der Waals surface area contributed by atoms with E-state index in [9.17, 15) is 5.11 Å². The van der Waals surface area contributed by atoms with Crippen molar-refractivity contribution in [2.45, 2.75) is 78.2 Å². The molecule has 90 valence electrons. The van der Waals surface area contributed by atoms with Crippen molar-refractivity contribution < 1.29 is 5.11 Å². The molecule has 0 saturated heterocycles. The maximum atomic E-state index is 9.75. The Bertz CT molecular complexity index is 174. The molecule has 0 aromatic rings. The Morgan fingerprint density at radius 2 is 2.00 bits per heavy atom. The maximum absolute atomic E-state index is 9.75. The fraction of sp³-hybridized carbons (Fsp3) is 1.00. The maximum Gasteiger partial charge on any atom is 0.0540 e. The fourth-order valence-corrected chi connectivity index (χ4v) is 2.97. The molecule has 1 rings (SSSR count). The molecule has 1 aliphatic rings. The van der Waals surface area contributed by atoms with E-state index in [-0.39, 0.29) is 6.10 Å². The van der Waals surface area contributed by atoms with Crippen LogP contribution in [0.4, 0.5) is 0 Å². The smallest absolute Gasteiger partial charge is 0.0540 e. The highest BCUT2D eigenvalue weighted by atomic mass is 16.3. The number of hydrogen-bond acceptors (Lipinski definition) is 1. The van der Waals surface area contributed by atoms with Crippen LogP contribution in [0.25, 0.3) is 0 Å². The molecule has 0 spiro atoms. The summed E-state index contributed by atoms with van der Waals surface area (Å²) >= 11 is 0. The molecule has 0 amide bonds. The highest BCUT2D eigenvalue weighted by Gasteiger charge is 2.31. The molecule has 1 nitrogen and oxygen atoms in total. The molecule has 15 heavy (non-hydrogen) atoms. The molecule has 2 atom stereocenters. The van der Waals surface area contributed by atoms with Crippen molar-refractivity contribution >= 4 is 0 Å². The van der Waals surface area contributed by atoms with Crippen molar-refractivity contribution in [3.8, 4) is 0 Å². The van der Waals surface area contributed by atoms with Gasteiger partial charge in [0.15, 0.2) is 0 Å². The first-order valence-electron chi connectivity index (χ1n) is 6.74. The minimum absolute atomic E-state index is 0.0484. The van der Waals surface area contributed by atoms with E-state index in [0.717, 1.165) is 25.2 Å². The molecule has 1 N–H and O–H groups in total. The van der Waals surface area contributed by atoms with Gasteiger partial charge in [0.05, 0.1) is 6.10 Å². The lowest BCUT2D eigenvalue weighted by Crippen LogP contribution is -2.28. The number of hydrogen-bond donors (Lipinski definition) is 1. The highest BCUT2D eigenvalue weighted by Crippen LogP contribution is 2.43. The van der Waals surface area contributed by atoms with Gasteiger partial charge in [-0.15, -0.1) is 0 Å². The summed E-state index contributed by atoms with van der Waals surface area (Å²) in [5.74, 6) is 0.845. The first kappa shape index (κ1) is 13.0. The average molecular weight is 212 g/mol. The monoisotopic (exact) mass is 212 g/mol. The lowest BCUT2D eigenvalue weighted by molar-refractivity contribution is 0.0929. The van der Waals surface area contributed by atoms with Crippen LogP contribution in [0.1, 0.15) is 72.1 Å². The summed E-state index contributed by atoms with van der Waals surface area (Å²) in [7, 11) is 0. The molecule has 1 saturated carbocycles. The SMILES string of the molecule is CCC[C@@H](O)CC[C@H]1CCCCC1(C)C. The van der Waals surface area contributed by atoms with Crippen molar-refractivity contribution in [3.63, 3.8) is 0 Å². The van der Waals surface area contributed by atoms with Crippen LogP contribution in [0, 0.1) is 11.3 Å². The van der Waals surface area contributed by atoms with E-state index >= 15 is 0 Å². The Kier molecular flexibility index (Phi) is 5.11. The van der Waals surface area contributed by atoms with E-state index in [4.69, 9.17) is 0 Å². The molecule has 0 aromatic heterocycles. The second kappa shape index (κ2) is 5.89. The largest absolute Gasteiger partial charge is 0.393 e. The lowest BCUT2D eigenvalue weighted by Gasteiger charge is -2.39. The van der Waals surface area contributed by atoms with Gasteiger partial charge in [0.25, 0.3) is 0 Å². The predicted octanol–water partition coefficient (Wildman–Crippen LogP) is 4.14. The van der Waals surface area contributed by atoms with Gasteiger partial charge in [-0.25, -0.2) is 0 Å². The van der Waals surface area contributed by atoms with Crippen molar-refractivity contribution in [1.29, 1.82) is 0 Å². The van der Waals surface area contributed by atoms with Crippen LogP contribution >= 0.6 is 0 Å². The van der Waals surface area contributed by atoms with Crippen molar-refractivity contribution in [1.82, 2.24) is 0 Å². The molecule has 0 aliphatic heterocycles. The minimum Gasteiger partial charge on any atom is -0.393 e. The molecule has 0 unspecified atom stereocenters. The standard InChI is InChI=1S/C14H28O/c1-4-7-13(15)10-9-12-8-5-6-11-14(12,2)3/h12-13,15H,4-11H2,1-3H3/t12-,13-/m1/s1. The summed E-state index contributed by atoms with van der Waals surface area (Å²) in [6, 6.07) is 0. The molecule has 1 heteroatoms. The molecule has 1 aliphatic carbocycles. The van der Waals surface area contributed by atoms with Gasteiger partial charge < -0.3 is 5.11 Å². The zero-order valence-electron chi connectivity index (χ0n) is 10.8. The fourth-order valence-electron chi connectivity index (χ4n) is 2.97. The lowest BCUT2D eigenvalue weighted by atomic mass is 9.67. The van der Waals surface area contributed by atoms with Gasteiger partial charge in [0, 0.05) is 0 Å². The summed E-state index contributed by atoms with van der Waals surface area (Å²) in [5, 5.41) is 9.75. The third kappa shape index (κ3) is 4.14. The summed E-state index contributed by atoms with van der Waals surface area (Å²) < 4.78 is 0. The molecule has 0 aromatic carbocycles. The molecule has 1 fully saturated rings. The molecular formula is C14H28O. The normalized spacial score (nSPS) is 27.6. The van der Waals surface area contributed by atoms with Crippen LogP contribution in [0.5, 0.6) is 0 Å². The summed E-state index contributed by atoms with van der Waals surface area (Å²) in [6.45, 7) is 6.96. The molecule has 0 radical (unpaired) electrons. The summed E-state index contributed by atoms with van der Waals surface area (Å²) in [5.41, 5.74) is 0.518. The van der Waals surface area contributed by atoms with Crippen LogP contribution in [0.2, 0.25) is 0 Å². The van der Waals surface area contributed by atoms with Crippen LogP contribution in [0.3, 0.4) is 0 Å². The predicted molar refractivity (Wildman–Crippen MR) is 65.9 cm³/mol. The number of aliphatic hydroxyl groups excluding tert-OH is 1.